The first-order valence-corrected chi connectivity index (χ1v) is 5.82. The smallest absolute Gasteiger partial charge is 0.118 e. The Morgan fingerprint density at radius 3 is 2.21 bits per heavy atom. The molecule has 0 bridgehead atoms. The first kappa shape index (κ1) is 11.4. The Labute approximate surface area is 89.3 Å². The highest BCUT2D eigenvalue weighted by atomic mass is 32.2. The second kappa shape index (κ2) is 5.27. The van der Waals surface area contributed by atoms with Gasteiger partial charge in [0, 0.05) is 0 Å². The minimum atomic E-state index is -0.335. The minimum absolute atomic E-state index is 0.140. The molecule has 0 saturated carbocycles. The molecule has 0 aliphatic heterocycles. The van der Waals surface area contributed by atoms with Crippen molar-refractivity contribution < 1.29 is 9.84 Å². The number of thioether (sulfide) groups is 1. The summed E-state index contributed by atoms with van der Waals surface area (Å²) in [5.74, 6) is 0.846. The first-order chi connectivity index (χ1) is 6.69. The van der Waals surface area contributed by atoms with Gasteiger partial charge >= 0.3 is 0 Å². The molecule has 0 saturated heterocycles. The van der Waals surface area contributed by atoms with Crippen LogP contribution in [-0.2, 0) is 0 Å². The Morgan fingerprint density at radius 2 is 1.86 bits per heavy atom. The highest BCUT2D eigenvalue weighted by Gasteiger charge is 2.15. The van der Waals surface area contributed by atoms with Crippen molar-refractivity contribution in [1.82, 2.24) is 0 Å². The fraction of sp³-hybridized carbons (Fsp3) is 0.455. The molecule has 0 aromatic heterocycles. The quantitative estimate of drug-likeness (QED) is 0.831. The van der Waals surface area contributed by atoms with Crippen molar-refractivity contribution in [2.24, 2.45) is 0 Å². The van der Waals surface area contributed by atoms with E-state index in [4.69, 9.17) is 4.74 Å². The molecule has 78 valence electrons. The largest absolute Gasteiger partial charge is 0.497 e. The summed E-state index contributed by atoms with van der Waals surface area (Å²) in [6.07, 6.45) is 1.67. The molecule has 0 aliphatic carbocycles. The van der Waals surface area contributed by atoms with Crippen molar-refractivity contribution in [3.8, 4) is 5.75 Å². The Kier molecular flexibility index (Phi) is 4.29. The van der Waals surface area contributed by atoms with Gasteiger partial charge in [0.1, 0.15) is 5.75 Å². The monoisotopic (exact) mass is 212 g/mol. The van der Waals surface area contributed by atoms with E-state index < -0.39 is 0 Å². The number of hydrogen-bond acceptors (Lipinski definition) is 3. The summed E-state index contributed by atoms with van der Waals surface area (Å²) in [4.78, 5) is 0. The first-order valence-electron chi connectivity index (χ1n) is 4.54. The van der Waals surface area contributed by atoms with Gasteiger partial charge in [-0.05, 0) is 30.9 Å². The van der Waals surface area contributed by atoms with Crippen LogP contribution in [0.3, 0.4) is 0 Å². The van der Waals surface area contributed by atoms with Gasteiger partial charge in [0.05, 0.1) is 18.5 Å². The van der Waals surface area contributed by atoms with E-state index in [1.165, 1.54) is 0 Å². The molecule has 1 rings (SSSR count). The lowest BCUT2D eigenvalue weighted by atomic mass is 10.1. The number of rotatable bonds is 4. The van der Waals surface area contributed by atoms with E-state index in [-0.39, 0.29) is 11.4 Å². The fourth-order valence-corrected chi connectivity index (χ4v) is 2.23. The van der Waals surface area contributed by atoms with Gasteiger partial charge in [-0.25, -0.2) is 0 Å². The van der Waals surface area contributed by atoms with Crippen LogP contribution in [0.25, 0.3) is 0 Å². The third-order valence-corrected chi connectivity index (χ3v) is 3.31. The zero-order valence-electron chi connectivity index (χ0n) is 8.73. The molecule has 1 N–H and O–H groups in total. The van der Waals surface area contributed by atoms with Crippen LogP contribution >= 0.6 is 11.8 Å². The molecular formula is C11H16O2S. The SMILES string of the molecule is COc1ccc(C(SC)C(C)O)cc1. The van der Waals surface area contributed by atoms with Crippen LogP contribution in [0, 0.1) is 0 Å². The van der Waals surface area contributed by atoms with Gasteiger partial charge in [0.25, 0.3) is 0 Å². The van der Waals surface area contributed by atoms with Crippen molar-refractivity contribution >= 4 is 11.8 Å². The molecule has 0 spiro atoms. The number of methoxy groups -OCH3 is 1. The van der Waals surface area contributed by atoms with Gasteiger partial charge < -0.3 is 9.84 Å². The number of aliphatic hydroxyl groups excluding tert-OH is 1. The summed E-state index contributed by atoms with van der Waals surface area (Å²) in [6, 6.07) is 7.82. The second-order valence-electron chi connectivity index (χ2n) is 3.17. The molecule has 1 aromatic carbocycles. The normalized spacial score (nSPS) is 14.9. The summed E-state index contributed by atoms with van der Waals surface area (Å²) < 4.78 is 5.07. The van der Waals surface area contributed by atoms with Crippen molar-refractivity contribution in [3.63, 3.8) is 0 Å². The van der Waals surface area contributed by atoms with Gasteiger partial charge in [-0.3, -0.25) is 0 Å². The lowest BCUT2D eigenvalue weighted by Crippen LogP contribution is -2.10. The van der Waals surface area contributed by atoms with Crippen LogP contribution < -0.4 is 4.74 Å². The third-order valence-electron chi connectivity index (χ3n) is 2.14. The zero-order valence-corrected chi connectivity index (χ0v) is 9.54. The van der Waals surface area contributed by atoms with Gasteiger partial charge in [-0.1, -0.05) is 12.1 Å². The summed E-state index contributed by atoms with van der Waals surface area (Å²) in [5.41, 5.74) is 1.13. The van der Waals surface area contributed by atoms with E-state index in [9.17, 15) is 5.11 Å². The molecule has 14 heavy (non-hydrogen) atoms. The molecule has 3 heteroatoms. The molecule has 2 nitrogen and oxygen atoms in total. The maximum absolute atomic E-state index is 9.54. The van der Waals surface area contributed by atoms with Crippen molar-refractivity contribution in [2.45, 2.75) is 18.3 Å². The highest BCUT2D eigenvalue weighted by molar-refractivity contribution is 7.98. The molecule has 2 unspecified atom stereocenters. The number of ether oxygens (including phenoxy) is 1. The number of benzene rings is 1. The minimum Gasteiger partial charge on any atom is -0.497 e. The van der Waals surface area contributed by atoms with Crippen LogP contribution in [-0.4, -0.2) is 24.6 Å². The molecule has 1 aromatic rings. The maximum Gasteiger partial charge on any atom is 0.118 e. The Balaban J connectivity index is 2.84. The van der Waals surface area contributed by atoms with Crippen LogP contribution in [0.15, 0.2) is 24.3 Å². The predicted molar refractivity (Wildman–Crippen MR) is 60.9 cm³/mol. The molecule has 0 heterocycles. The Bertz CT molecular complexity index is 269. The van der Waals surface area contributed by atoms with E-state index >= 15 is 0 Å². The van der Waals surface area contributed by atoms with Crippen molar-refractivity contribution in [3.05, 3.63) is 29.8 Å². The average Bonchev–Trinajstić information content (AvgIpc) is 2.19. The standard InChI is InChI=1S/C11H16O2S/c1-8(12)11(14-3)9-4-6-10(13-2)7-5-9/h4-8,11-12H,1-3H3. The van der Waals surface area contributed by atoms with Crippen LogP contribution in [0.1, 0.15) is 17.7 Å². The Hall–Kier alpha value is -0.670. The van der Waals surface area contributed by atoms with Crippen LogP contribution in [0.2, 0.25) is 0 Å². The molecule has 0 aliphatic rings. The molecule has 0 radical (unpaired) electrons. The molecule has 0 amide bonds. The predicted octanol–water partition coefficient (Wildman–Crippen LogP) is 2.48. The third kappa shape index (κ3) is 2.66. The van der Waals surface area contributed by atoms with E-state index in [1.54, 1.807) is 18.9 Å². The molecule has 2 atom stereocenters. The van der Waals surface area contributed by atoms with Gasteiger partial charge in [0.2, 0.25) is 0 Å². The summed E-state index contributed by atoms with van der Waals surface area (Å²) in [7, 11) is 1.65. The second-order valence-corrected chi connectivity index (χ2v) is 4.15. The Morgan fingerprint density at radius 1 is 1.29 bits per heavy atom. The molecule has 0 fully saturated rings. The fourth-order valence-electron chi connectivity index (χ4n) is 1.41. The van der Waals surface area contributed by atoms with Gasteiger partial charge in [0.15, 0.2) is 0 Å². The zero-order chi connectivity index (χ0) is 10.6. The highest BCUT2D eigenvalue weighted by Crippen LogP contribution is 2.30. The van der Waals surface area contributed by atoms with E-state index in [0.717, 1.165) is 11.3 Å². The van der Waals surface area contributed by atoms with Crippen molar-refractivity contribution in [2.75, 3.05) is 13.4 Å². The van der Waals surface area contributed by atoms with Gasteiger partial charge in [-0.15, -0.1) is 0 Å². The topological polar surface area (TPSA) is 29.5 Å². The van der Waals surface area contributed by atoms with E-state index in [2.05, 4.69) is 0 Å². The summed E-state index contributed by atoms with van der Waals surface area (Å²) >= 11 is 1.65. The maximum atomic E-state index is 9.54. The lowest BCUT2D eigenvalue weighted by molar-refractivity contribution is 0.192. The van der Waals surface area contributed by atoms with Crippen LogP contribution in [0.5, 0.6) is 5.75 Å². The van der Waals surface area contributed by atoms with Gasteiger partial charge in [-0.2, -0.15) is 11.8 Å². The number of hydrogen-bond donors (Lipinski definition) is 1. The molecular weight excluding hydrogens is 196 g/mol. The van der Waals surface area contributed by atoms with Crippen molar-refractivity contribution in [1.29, 1.82) is 0 Å². The summed E-state index contributed by atoms with van der Waals surface area (Å²) in [6.45, 7) is 1.81. The van der Waals surface area contributed by atoms with E-state index in [1.807, 2.05) is 37.4 Å². The lowest BCUT2D eigenvalue weighted by Gasteiger charge is -2.17. The summed E-state index contributed by atoms with van der Waals surface area (Å²) in [5, 5.41) is 9.68. The van der Waals surface area contributed by atoms with Crippen LogP contribution in [0.4, 0.5) is 0 Å². The van der Waals surface area contributed by atoms with E-state index in [0.29, 0.717) is 0 Å². The number of aliphatic hydroxyl groups is 1. The average molecular weight is 212 g/mol.